The monoisotopic (exact) mass is 284 g/mol. The lowest BCUT2D eigenvalue weighted by molar-refractivity contribution is -0.147. The van der Waals surface area contributed by atoms with E-state index >= 15 is 0 Å². The van der Waals surface area contributed by atoms with Gasteiger partial charge in [-0.25, -0.2) is 9.59 Å². The summed E-state index contributed by atoms with van der Waals surface area (Å²) in [6.07, 6.45) is 6.02. The van der Waals surface area contributed by atoms with Crippen molar-refractivity contribution in [2.75, 3.05) is 19.8 Å². The van der Waals surface area contributed by atoms with Crippen LogP contribution < -0.4 is 5.32 Å². The van der Waals surface area contributed by atoms with E-state index < -0.39 is 12.0 Å². The number of morpholine rings is 1. The molecule has 1 aliphatic carbocycles. The van der Waals surface area contributed by atoms with Crippen LogP contribution >= 0.6 is 0 Å². The van der Waals surface area contributed by atoms with Gasteiger partial charge in [-0.2, -0.15) is 0 Å². The van der Waals surface area contributed by atoms with Crippen LogP contribution in [-0.2, 0) is 9.53 Å². The van der Waals surface area contributed by atoms with E-state index in [1.54, 1.807) is 0 Å². The summed E-state index contributed by atoms with van der Waals surface area (Å²) < 4.78 is 5.14. The van der Waals surface area contributed by atoms with Crippen molar-refractivity contribution in [2.45, 2.75) is 51.1 Å². The van der Waals surface area contributed by atoms with Crippen molar-refractivity contribution in [3.8, 4) is 0 Å². The van der Waals surface area contributed by atoms with Crippen molar-refractivity contribution in [3.63, 3.8) is 0 Å². The average molecular weight is 284 g/mol. The molecule has 6 heteroatoms. The number of aliphatic carboxylic acids is 1. The number of rotatable bonds is 3. The van der Waals surface area contributed by atoms with E-state index in [0.717, 1.165) is 12.8 Å². The number of carbonyl (C=O) groups excluding carboxylic acids is 1. The van der Waals surface area contributed by atoms with Gasteiger partial charge in [0.2, 0.25) is 0 Å². The zero-order valence-electron chi connectivity index (χ0n) is 12.0. The Morgan fingerprint density at radius 3 is 2.65 bits per heavy atom. The van der Waals surface area contributed by atoms with Crippen LogP contribution in [0.4, 0.5) is 4.79 Å². The molecule has 20 heavy (non-hydrogen) atoms. The van der Waals surface area contributed by atoms with Crippen LogP contribution in [0.3, 0.4) is 0 Å². The van der Waals surface area contributed by atoms with Crippen molar-refractivity contribution in [1.29, 1.82) is 0 Å². The minimum absolute atomic E-state index is 0.0700. The number of urea groups is 1. The molecular formula is C14H24N2O4. The molecule has 2 aliphatic rings. The third kappa shape index (κ3) is 3.62. The summed E-state index contributed by atoms with van der Waals surface area (Å²) in [4.78, 5) is 24.8. The Labute approximate surface area is 119 Å². The van der Waals surface area contributed by atoms with E-state index in [1.165, 1.54) is 24.2 Å². The van der Waals surface area contributed by atoms with Gasteiger partial charge in [-0.3, -0.25) is 0 Å². The third-order valence-electron chi connectivity index (χ3n) is 4.38. The highest BCUT2D eigenvalue weighted by Crippen LogP contribution is 2.26. The Hall–Kier alpha value is -1.30. The molecule has 114 valence electrons. The molecule has 0 radical (unpaired) electrons. The Morgan fingerprint density at radius 2 is 2.00 bits per heavy atom. The maximum atomic E-state index is 12.3. The van der Waals surface area contributed by atoms with Crippen molar-refractivity contribution < 1.29 is 19.4 Å². The molecule has 0 spiro atoms. The summed E-state index contributed by atoms with van der Waals surface area (Å²) in [5.41, 5.74) is 0. The number of carbonyl (C=O) groups is 2. The van der Waals surface area contributed by atoms with Crippen molar-refractivity contribution >= 4 is 12.0 Å². The number of carboxylic acid groups (broad SMARTS) is 1. The van der Waals surface area contributed by atoms with Gasteiger partial charge in [0.25, 0.3) is 0 Å². The number of hydrogen-bond acceptors (Lipinski definition) is 3. The van der Waals surface area contributed by atoms with Crippen molar-refractivity contribution in [3.05, 3.63) is 0 Å². The van der Waals surface area contributed by atoms with Gasteiger partial charge < -0.3 is 20.1 Å². The number of amides is 2. The van der Waals surface area contributed by atoms with Gasteiger partial charge >= 0.3 is 12.0 Å². The highest BCUT2D eigenvalue weighted by Gasteiger charge is 2.34. The van der Waals surface area contributed by atoms with Gasteiger partial charge in [-0.1, -0.05) is 19.3 Å². The molecule has 1 saturated heterocycles. The van der Waals surface area contributed by atoms with E-state index in [4.69, 9.17) is 9.84 Å². The number of ether oxygens (including phenoxy) is 1. The molecule has 0 aromatic rings. The van der Waals surface area contributed by atoms with Gasteiger partial charge in [0.05, 0.1) is 13.2 Å². The Bertz CT molecular complexity index is 355. The fourth-order valence-electron chi connectivity index (χ4n) is 3.08. The first-order valence-electron chi connectivity index (χ1n) is 7.47. The lowest BCUT2D eigenvalue weighted by Gasteiger charge is -2.35. The van der Waals surface area contributed by atoms with Crippen LogP contribution in [0.5, 0.6) is 0 Å². The standard InChI is InChI=1S/C14H24N2O4/c1-10(11-5-3-2-4-6-11)15-14(19)16-7-8-20-9-12(16)13(17)18/h10-12H,2-9H2,1H3,(H,15,19)(H,17,18). The Kier molecular flexibility index (Phi) is 5.23. The van der Waals surface area contributed by atoms with Gasteiger partial charge in [0.15, 0.2) is 6.04 Å². The maximum absolute atomic E-state index is 12.3. The van der Waals surface area contributed by atoms with Crippen LogP contribution in [0.15, 0.2) is 0 Å². The molecule has 2 fully saturated rings. The highest BCUT2D eigenvalue weighted by molar-refractivity contribution is 5.83. The van der Waals surface area contributed by atoms with E-state index in [1.807, 2.05) is 6.92 Å². The Morgan fingerprint density at radius 1 is 1.30 bits per heavy atom. The fourth-order valence-corrected chi connectivity index (χ4v) is 3.08. The Balaban J connectivity index is 1.90. The molecule has 1 aliphatic heterocycles. The minimum atomic E-state index is -1.01. The second-order valence-corrected chi connectivity index (χ2v) is 5.76. The number of nitrogens with zero attached hydrogens (tertiary/aromatic N) is 1. The largest absolute Gasteiger partial charge is 0.480 e. The summed E-state index contributed by atoms with van der Waals surface area (Å²) >= 11 is 0. The van der Waals surface area contributed by atoms with E-state index in [9.17, 15) is 9.59 Å². The molecule has 2 amide bonds. The number of nitrogens with one attached hydrogen (secondary N) is 1. The van der Waals surface area contributed by atoms with Crippen LogP contribution in [0, 0.1) is 5.92 Å². The molecule has 2 N–H and O–H groups in total. The normalized spacial score (nSPS) is 26.1. The lowest BCUT2D eigenvalue weighted by Crippen LogP contribution is -2.57. The molecular weight excluding hydrogens is 260 g/mol. The molecule has 1 heterocycles. The smallest absolute Gasteiger partial charge is 0.328 e. The first-order valence-corrected chi connectivity index (χ1v) is 7.47. The van der Waals surface area contributed by atoms with Crippen LogP contribution in [0.2, 0.25) is 0 Å². The second-order valence-electron chi connectivity index (χ2n) is 5.76. The topological polar surface area (TPSA) is 78.9 Å². The molecule has 2 unspecified atom stereocenters. The van der Waals surface area contributed by atoms with E-state index in [2.05, 4.69) is 5.32 Å². The maximum Gasteiger partial charge on any atom is 0.328 e. The van der Waals surface area contributed by atoms with Crippen molar-refractivity contribution in [1.82, 2.24) is 10.2 Å². The van der Waals surface area contributed by atoms with Crippen molar-refractivity contribution in [2.24, 2.45) is 5.92 Å². The predicted octanol–water partition coefficient (Wildman–Crippen LogP) is 1.45. The van der Waals surface area contributed by atoms with Gasteiger partial charge in [0, 0.05) is 12.6 Å². The summed E-state index contributed by atoms with van der Waals surface area (Å²) in [5.74, 6) is -0.498. The summed E-state index contributed by atoms with van der Waals surface area (Å²) in [6, 6.07) is -1.05. The van der Waals surface area contributed by atoms with E-state index in [0.29, 0.717) is 19.1 Å². The minimum Gasteiger partial charge on any atom is -0.480 e. The lowest BCUT2D eigenvalue weighted by atomic mass is 9.84. The molecule has 0 aromatic carbocycles. The molecule has 1 saturated carbocycles. The van der Waals surface area contributed by atoms with Gasteiger partial charge in [-0.05, 0) is 25.7 Å². The first-order chi connectivity index (χ1) is 9.59. The van der Waals surface area contributed by atoms with Crippen LogP contribution in [0.25, 0.3) is 0 Å². The summed E-state index contributed by atoms with van der Waals surface area (Å²) in [7, 11) is 0. The predicted molar refractivity (Wildman–Crippen MR) is 73.5 cm³/mol. The summed E-state index contributed by atoms with van der Waals surface area (Å²) in [6.45, 7) is 2.82. The van der Waals surface area contributed by atoms with Crippen LogP contribution in [-0.4, -0.2) is 53.8 Å². The highest BCUT2D eigenvalue weighted by atomic mass is 16.5. The number of carboxylic acids is 1. The van der Waals surface area contributed by atoms with E-state index in [-0.39, 0.29) is 18.7 Å². The fraction of sp³-hybridized carbons (Fsp3) is 0.857. The first kappa shape index (κ1) is 15.1. The van der Waals surface area contributed by atoms with Gasteiger partial charge in [-0.15, -0.1) is 0 Å². The second kappa shape index (κ2) is 6.92. The molecule has 2 rings (SSSR count). The molecule has 6 nitrogen and oxygen atoms in total. The quantitative estimate of drug-likeness (QED) is 0.822. The SMILES string of the molecule is CC(NC(=O)N1CCOCC1C(=O)O)C1CCCCC1. The van der Waals surface area contributed by atoms with Gasteiger partial charge in [0.1, 0.15) is 0 Å². The third-order valence-corrected chi connectivity index (χ3v) is 4.38. The summed E-state index contributed by atoms with van der Waals surface area (Å²) in [5, 5.41) is 12.1. The zero-order chi connectivity index (χ0) is 14.5. The zero-order valence-corrected chi connectivity index (χ0v) is 12.0. The molecule has 0 bridgehead atoms. The molecule has 0 aromatic heterocycles. The molecule has 2 atom stereocenters. The number of hydrogen-bond donors (Lipinski definition) is 2. The average Bonchev–Trinajstić information content (AvgIpc) is 2.48. The van der Waals surface area contributed by atoms with Crippen LogP contribution in [0.1, 0.15) is 39.0 Å².